The average Bonchev–Trinajstić information content (AvgIpc) is 2.78. The van der Waals surface area contributed by atoms with Gasteiger partial charge in [-0.15, -0.1) is 11.3 Å². The summed E-state index contributed by atoms with van der Waals surface area (Å²) in [6.45, 7) is 0. The molecule has 6 heteroatoms. The van der Waals surface area contributed by atoms with Crippen molar-refractivity contribution in [2.45, 2.75) is 0 Å². The van der Waals surface area contributed by atoms with E-state index >= 15 is 0 Å². The number of hydrogen-bond acceptors (Lipinski definition) is 3. The van der Waals surface area contributed by atoms with Crippen molar-refractivity contribution in [1.82, 2.24) is 4.98 Å². The molecule has 0 saturated heterocycles. The van der Waals surface area contributed by atoms with Crippen LogP contribution < -0.4 is 5.32 Å². The second-order valence-corrected chi connectivity index (χ2v) is 6.38. The van der Waals surface area contributed by atoms with Crippen LogP contribution in [0, 0.1) is 0 Å². The molecule has 1 amide bonds. The van der Waals surface area contributed by atoms with Crippen molar-refractivity contribution in [3.63, 3.8) is 0 Å². The molecule has 3 rings (SSSR count). The first-order chi connectivity index (χ1) is 9.65. The average molecular weight is 323 g/mol. The summed E-state index contributed by atoms with van der Waals surface area (Å²) in [5.41, 5.74) is 1.10. The van der Waals surface area contributed by atoms with Gasteiger partial charge in [0.1, 0.15) is 4.34 Å². The lowest BCUT2D eigenvalue weighted by Crippen LogP contribution is -2.11. The van der Waals surface area contributed by atoms with E-state index in [2.05, 4.69) is 10.3 Å². The second-order valence-electron chi connectivity index (χ2n) is 4.09. The number of halogens is 2. The van der Waals surface area contributed by atoms with E-state index in [1.807, 2.05) is 24.3 Å². The molecular weight excluding hydrogens is 315 g/mol. The number of aromatic nitrogens is 1. The third kappa shape index (κ3) is 2.50. The summed E-state index contributed by atoms with van der Waals surface area (Å²) < 4.78 is 0.872. The van der Waals surface area contributed by atoms with Gasteiger partial charge in [0.05, 0.1) is 9.90 Å². The van der Waals surface area contributed by atoms with Gasteiger partial charge in [-0.2, -0.15) is 0 Å². The van der Waals surface area contributed by atoms with Gasteiger partial charge in [0, 0.05) is 28.9 Å². The fourth-order valence-electron chi connectivity index (χ4n) is 1.92. The lowest BCUT2D eigenvalue weighted by atomic mass is 10.1. The van der Waals surface area contributed by atoms with Gasteiger partial charge in [-0.25, -0.2) is 0 Å². The number of hydrogen-bond donors (Lipinski definition) is 1. The molecular formula is C14H8Cl2N2OS. The highest BCUT2D eigenvalue weighted by Gasteiger charge is 2.15. The molecule has 0 aliphatic rings. The van der Waals surface area contributed by atoms with E-state index in [0.717, 1.165) is 10.8 Å². The van der Waals surface area contributed by atoms with E-state index < -0.39 is 0 Å². The highest BCUT2D eigenvalue weighted by Crippen LogP contribution is 2.32. The van der Waals surface area contributed by atoms with E-state index in [-0.39, 0.29) is 5.91 Å². The smallest absolute Gasteiger partial charge is 0.258 e. The molecule has 0 aliphatic carbocycles. The minimum absolute atomic E-state index is 0.275. The molecule has 2 aromatic heterocycles. The molecule has 3 aromatic rings. The Bertz CT molecular complexity index is 795. The summed E-state index contributed by atoms with van der Waals surface area (Å²) >= 11 is 13.0. The first-order valence-corrected chi connectivity index (χ1v) is 7.31. The lowest BCUT2D eigenvalue weighted by Gasteiger charge is -2.07. The molecule has 3 nitrogen and oxygen atoms in total. The van der Waals surface area contributed by atoms with E-state index in [0.29, 0.717) is 19.9 Å². The Hall–Kier alpha value is -1.62. The maximum absolute atomic E-state index is 12.2. The van der Waals surface area contributed by atoms with E-state index in [1.54, 1.807) is 18.5 Å². The summed E-state index contributed by atoms with van der Waals surface area (Å²) in [4.78, 5) is 16.3. The number of amides is 1. The number of nitrogens with zero attached hydrogens (tertiary/aromatic N) is 1. The van der Waals surface area contributed by atoms with Crippen LogP contribution in [0.1, 0.15) is 10.4 Å². The number of carbonyl (C=O) groups is 1. The van der Waals surface area contributed by atoms with Gasteiger partial charge in [-0.1, -0.05) is 35.3 Å². The SMILES string of the molecule is O=C(Nc1cccc2cnccc12)c1cc(Cl)sc1Cl. The fourth-order valence-corrected chi connectivity index (χ4v) is 3.37. The number of fused-ring (bicyclic) bond motifs is 1. The third-order valence-electron chi connectivity index (χ3n) is 2.83. The van der Waals surface area contributed by atoms with Crippen LogP contribution in [0.3, 0.4) is 0 Å². The molecule has 0 unspecified atom stereocenters. The number of carbonyl (C=O) groups excluding carboxylic acids is 1. The molecule has 100 valence electrons. The quantitative estimate of drug-likeness (QED) is 0.732. The Morgan fingerprint density at radius 1 is 1.25 bits per heavy atom. The zero-order valence-electron chi connectivity index (χ0n) is 10.1. The van der Waals surface area contributed by atoms with Crippen LogP contribution in [0.15, 0.2) is 42.7 Å². The summed E-state index contributed by atoms with van der Waals surface area (Å²) in [5, 5.41) is 4.73. The van der Waals surface area contributed by atoms with Gasteiger partial charge >= 0.3 is 0 Å². The lowest BCUT2D eigenvalue weighted by molar-refractivity contribution is 0.102. The zero-order chi connectivity index (χ0) is 14.1. The summed E-state index contributed by atoms with van der Waals surface area (Å²) in [5.74, 6) is -0.275. The normalized spacial score (nSPS) is 10.7. The Morgan fingerprint density at radius 3 is 2.85 bits per heavy atom. The van der Waals surface area contributed by atoms with Gasteiger partial charge in [0.25, 0.3) is 5.91 Å². The molecule has 0 fully saturated rings. The molecule has 0 atom stereocenters. The molecule has 1 aromatic carbocycles. The van der Waals surface area contributed by atoms with Gasteiger partial charge < -0.3 is 5.32 Å². The Kier molecular flexibility index (Phi) is 3.61. The zero-order valence-corrected chi connectivity index (χ0v) is 12.4. The molecule has 20 heavy (non-hydrogen) atoms. The van der Waals surface area contributed by atoms with Crippen molar-refractivity contribution in [2.24, 2.45) is 0 Å². The standard InChI is InChI=1S/C14H8Cl2N2OS/c15-12-6-10(13(16)20-12)14(19)18-11-3-1-2-8-7-17-5-4-9(8)11/h1-7H,(H,18,19). The number of pyridine rings is 1. The topological polar surface area (TPSA) is 42.0 Å². The predicted molar refractivity (Wildman–Crippen MR) is 84.0 cm³/mol. The summed E-state index contributed by atoms with van der Waals surface area (Å²) in [6.07, 6.45) is 3.44. The minimum atomic E-state index is -0.275. The number of thiophene rings is 1. The van der Waals surface area contributed by atoms with Crippen LogP contribution in [0.4, 0.5) is 5.69 Å². The van der Waals surface area contributed by atoms with Crippen molar-refractivity contribution in [3.8, 4) is 0 Å². The van der Waals surface area contributed by atoms with Crippen molar-refractivity contribution >= 4 is 56.9 Å². The van der Waals surface area contributed by atoms with Crippen molar-refractivity contribution < 1.29 is 4.79 Å². The fraction of sp³-hybridized carbons (Fsp3) is 0. The maximum Gasteiger partial charge on any atom is 0.258 e. The van der Waals surface area contributed by atoms with Gasteiger partial charge in [0.15, 0.2) is 0 Å². The largest absolute Gasteiger partial charge is 0.321 e. The monoisotopic (exact) mass is 322 g/mol. The summed E-state index contributed by atoms with van der Waals surface area (Å²) in [6, 6.07) is 9.06. The molecule has 0 radical (unpaired) electrons. The van der Waals surface area contributed by atoms with Crippen LogP contribution in [0.5, 0.6) is 0 Å². The van der Waals surface area contributed by atoms with Crippen LogP contribution in [0.25, 0.3) is 10.8 Å². The Balaban J connectivity index is 1.97. The van der Waals surface area contributed by atoms with Crippen molar-refractivity contribution in [2.75, 3.05) is 5.32 Å². The first kappa shape index (κ1) is 13.4. The minimum Gasteiger partial charge on any atom is -0.321 e. The number of rotatable bonds is 2. The molecule has 0 spiro atoms. The number of nitrogens with one attached hydrogen (secondary N) is 1. The van der Waals surface area contributed by atoms with E-state index in [4.69, 9.17) is 23.2 Å². The van der Waals surface area contributed by atoms with E-state index in [9.17, 15) is 4.79 Å². The third-order valence-corrected chi connectivity index (χ3v) is 4.32. The highest BCUT2D eigenvalue weighted by atomic mass is 35.5. The second kappa shape index (κ2) is 5.40. The number of benzene rings is 1. The van der Waals surface area contributed by atoms with Gasteiger partial charge in [-0.3, -0.25) is 9.78 Å². The van der Waals surface area contributed by atoms with Gasteiger partial charge in [0.2, 0.25) is 0 Å². The molecule has 1 N–H and O–H groups in total. The Morgan fingerprint density at radius 2 is 2.10 bits per heavy atom. The summed E-state index contributed by atoms with van der Waals surface area (Å²) in [7, 11) is 0. The molecule has 2 heterocycles. The number of anilines is 1. The van der Waals surface area contributed by atoms with Crippen molar-refractivity contribution in [3.05, 3.63) is 57.0 Å². The first-order valence-electron chi connectivity index (χ1n) is 5.74. The highest BCUT2D eigenvalue weighted by molar-refractivity contribution is 7.20. The van der Waals surface area contributed by atoms with Crippen LogP contribution in [-0.4, -0.2) is 10.9 Å². The maximum atomic E-state index is 12.2. The van der Waals surface area contributed by atoms with Crippen LogP contribution in [-0.2, 0) is 0 Å². The Labute approximate surface area is 129 Å². The van der Waals surface area contributed by atoms with Crippen LogP contribution >= 0.6 is 34.5 Å². The van der Waals surface area contributed by atoms with Crippen molar-refractivity contribution in [1.29, 1.82) is 0 Å². The van der Waals surface area contributed by atoms with Gasteiger partial charge in [-0.05, 0) is 18.2 Å². The predicted octanol–water partition coefficient (Wildman–Crippen LogP) is 4.86. The molecule has 0 bridgehead atoms. The molecule has 0 aliphatic heterocycles. The molecule has 0 saturated carbocycles. The van der Waals surface area contributed by atoms with Crippen LogP contribution in [0.2, 0.25) is 8.67 Å². The van der Waals surface area contributed by atoms with E-state index in [1.165, 1.54) is 11.3 Å².